The van der Waals surface area contributed by atoms with Gasteiger partial charge in [-0.15, -0.1) is 0 Å². The first-order valence-corrected chi connectivity index (χ1v) is 6.17. The van der Waals surface area contributed by atoms with Gasteiger partial charge in [0.2, 0.25) is 5.28 Å². The minimum Gasteiger partial charge on any atom is -0.485 e. The zero-order valence-corrected chi connectivity index (χ0v) is 10.7. The Morgan fingerprint density at radius 2 is 2.22 bits per heavy atom. The summed E-state index contributed by atoms with van der Waals surface area (Å²) in [6.07, 6.45) is 0. The molecule has 2 aliphatic heterocycles. The molecule has 3 heterocycles. The number of fused-ring (bicyclic) bond motifs is 3. The Morgan fingerprint density at radius 1 is 1.39 bits per heavy atom. The lowest BCUT2D eigenvalue weighted by Crippen LogP contribution is -2.51. The van der Waals surface area contributed by atoms with E-state index < -0.39 is 5.24 Å². The fourth-order valence-electron chi connectivity index (χ4n) is 2.12. The van der Waals surface area contributed by atoms with Crippen LogP contribution in [0.25, 0.3) is 0 Å². The van der Waals surface area contributed by atoms with Crippen molar-refractivity contribution < 1.29 is 14.3 Å². The van der Waals surface area contributed by atoms with Gasteiger partial charge < -0.3 is 14.4 Å². The summed E-state index contributed by atoms with van der Waals surface area (Å²) in [7, 11) is 0. The zero-order chi connectivity index (χ0) is 12.7. The lowest BCUT2D eigenvalue weighted by atomic mass is 10.2. The highest BCUT2D eigenvalue weighted by atomic mass is 35.5. The van der Waals surface area contributed by atoms with Crippen molar-refractivity contribution in [2.45, 2.75) is 6.04 Å². The molecule has 0 radical (unpaired) electrons. The van der Waals surface area contributed by atoms with E-state index in [0.29, 0.717) is 37.9 Å². The highest BCUT2D eigenvalue weighted by Gasteiger charge is 2.35. The molecule has 1 atom stereocenters. The monoisotopic (exact) mass is 289 g/mol. The van der Waals surface area contributed by atoms with Gasteiger partial charge in [0.25, 0.3) is 5.24 Å². The number of anilines is 1. The maximum atomic E-state index is 11.3. The molecule has 3 rings (SSSR count). The summed E-state index contributed by atoms with van der Waals surface area (Å²) in [5.74, 6) is 0.816. The van der Waals surface area contributed by atoms with Crippen molar-refractivity contribution in [1.29, 1.82) is 0 Å². The molecule has 0 aliphatic carbocycles. The highest BCUT2D eigenvalue weighted by molar-refractivity contribution is 6.67. The van der Waals surface area contributed by atoms with Crippen LogP contribution >= 0.6 is 23.2 Å². The fraction of sp³-hybridized carbons (Fsp3) is 0.500. The second-order valence-electron chi connectivity index (χ2n) is 4.00. The summed E-state index contributed by atoms with van der Waals surface area (Å²) in [5.41, 5.74) is 0.0107. The van der Waals surface area contributed by atoms with Gasteiger partial charge in [0, 0.05) is 6.54 Å². The number of morpholine rings is 1. The second-order valence-corrected chi connectivity index (χ2v) is 4.68. The van der Waals surface area contributed by atoms with Crippen LogP contribution in [-0.2, 0) is 4.74 Å². The highest BCUT2D eigenvalue weighted by Crippen LogP contribution is 2.36. The van der Waals surface area contributed by atoms with E-state index in [1.807, 2.05) is 4.90 Å². The zero-order valence-electron chi connectivity index (χ0n) is 9.23. The molecule has 6 nitrogen and oxygen atoms in total. The molecule has 1 unspecified atom stereocenters. The number of aromatic nitrogens is 2. The molecule has 0 spiro atoms. The van der Waals surface area contributed by atoms with Crippen LogP contribution in [0.5, 0.6) is 5.75 Å². The van der Waals surface area contributed by atoms with Gasteiger partial charge in [0.05, 0.1) is 19.3 Å². The van der Waals surface area contributed by atoms with Crippen LogP contribution in [0.15, 0.2) is 0 Å². The maximum Gasteiger partial charge on any atom is 0.274 e. The van der Waals surface area contributed by atoms with E-state index >= 15 is 0 Å². The molecule has 18 heavy (non-hydrogen) atoms. The minimum absolute atomic E-state index is 0.0107. The quantitative estimate of drug-likeness (QED) is 0.570. The number of rotatable bonds is 1. The summed E-state index contributed by atoms with van der Waals surface area (Å²) in [5, 5.41) is -0.726. The van der Waals surface area contributed by atoms with Gasteiger partial charge in [0.1, 0.15) is 6.61 Å². The van der Waals surface area contributed by atoms with E-state index in [2.05, 4.69) is 9.97 Å². The fourth-order valence-corrected chi connectivity index (χ4v) is 2.42. The smallest absolute Gasteiger partial charge is 0.274 e. The van der Waals surface area contributed by atoms with Gasteiger partial charge in [0.15, 0.2) is 17.3 Å². The van der Waals surface area contributed by atoms with Gasteiger partial charge in [-0.1, -0.05) is 0 Å². The lowest BCUT2D eigenvalue weighted by molar-refractivity contribution is 0.0691. The Hall–Kier alpha value is -1.11. The Morgan fingerprint density at radius 3 is 3.00 bits per heavy atom. The Labute approximate surface area is 113 Å². The van der Waals surface area contributed by atoms with Crippen molar-refractivity contribution in [3.05, 3.63) is 11.0 Å². The van der Waals surface area contributed by atoms with Gasteiger partial charge in [-0.2, -0.15) is 4.98 Å². The van der Waals surface area contributed by atoms with E-state index in [-0.39, 0.29) is 17.0 Å². The lowest BCUT2D eigenvalue weighted by Gasteiger charge is -2.40. The van der Waals surface area contributed by atoms with E-state index in [9.17, 15) is 4.79 Å². The largest absolute Gasteiger partial charge is 0.485 e. The maximum absolute atomic E-state index is 11.3. The van der Waals surface area contributed by atoms with Gasteiger partial charge in [-0.3, -0.25) is 4.79 Å². The van der Waals surface area contributed by atoms with Crippen LogP contribution in [0, 0.1) is 0 Å². The van der Waals surface area contributed by atoms with E-state index in [4.69, 9.17) is 32.7 Å². The van der Waals surface area contributed by atoms with Crippen molar-refractivity contribution in [2.75, 3.05) is 31.3 Å². The summed E-state index contributed by atoms with van der Waals surface area (Å²) in [6.45, 7) is 2.24. The van der Waals surface area contributed by atoms with Crippen LogP contribution in [-0.4, -0.2) is 47.6 Å². The van der Waals surface area contributed by atoms with E-state index in [0.717, 1.165) is 0 Å². The first-order valence-electron chi connectivity index (χ1n) is 5.41. The summed E-state index contributed by atoms with van der Waals surface area (Å²) in [6, 6.07) is 0.0792. The Balaban J connectivity index is 2.10. The molecule has 0 bridgehead atoms. The van der Waals surface area contributed by atoms with Crippen molar-refractivity contribution >= 4 is 34.3 Å². The van der Waals surface area contributed by atoms with E-state index in [1.54, 1.807) is 0 Å². The number of hydrogen-bond donors (Lipinski definition) is 0. The second kappa shape index (κ2) is 4.53. The third-order valence-electron chi connectivity index (χ3n) is 2.93. The average Bonchev–Trinajstić information content (AvgIpc) is 2.37. The first kappa shape index (κ1) is 12.0. The predicted octanol–water partition coefficient (Wildman–Crippen LogP) is 1.11. The molecule has 0 aromatic carbocycles. The van der Waals surface area contributed by atoms with Crippen molar-refractivity contribution in [3.63, 3.8) is 0 Å². The number of carbonyl (C=O) groups is 1. The standard InChI is InChI=1S/C10H9Cl2N3O3/c11-8(16)6-7-9(14-10(12)13-6)15-1-2-17-3-5(15)4-18-7/h5H,1-4H2. The van der Waals surface area contributed by atoms with Crippen molar-refractivity contribution in [3.8, 4) is 5.75 Å². The van der Waals surface area contributed by atoms with Crippen LogP contribution in [0.3, 0.4) is 0 Å². The molecule has 0 amide bonds. The summed E-state index contributed by atoms with van der Waals surface area (Å²) in [4.78, 5) is 21.3. The molecule has 1 saturated heterocycles. The average molecular weight is 290 g/mol. The molecule has 2 aliphatic rings. The molecule has 0 saturated carbocycles. The molecular formula is C10H9Cl2N3O3. The minimum atomic E-state index is -0.706. The number of halogens is 2. The molecule has 96 valence electrons. The SMILES string of the molecule is O=C(Cl)c1nc(Cl)nc2c1OCC1COCCN21. The molecule has 1 fully saturated rings. The number of nitrogens with zero attached hydrogens (tertiary/aromatic N) is 3. The van der Waals surface area contributed by atoms with Crippen LogP contribution < -0.4 is 9.64 Å². The van der Waals surface area contributed by atoms with Gasteiger partial charge in [-0.25, -0.2) is 4.98 Å². The molecular weight excluding hydrogens is 281 g/mol. The van der Waals surface area contributed by atoms with E-state index in [1.165, 1.54) is 0 Å². The normalized spacial score (nSPS) is 21.9. The van der Waals surface area contributed by atoms with Crippen LogP contribution in [0.1, 0.15) is 10.5 Å². The molecule has 1 aromatic heterocycles. The molecule has 1 aromatic rings. The van der Waals surface area contributed by atoms with Crippen LogP contribution in [0.4, 0.5) is 5.82 Å². The third kappa shape index (κ3) is 1.90. The van der Waals surface area contributed by atoms with Crippen molar-refractivity contribution in [1.82, 2.24) is 9.97 Å². The number of ether oxygens (including phenoxy) is 2. The summed E-state index contributed by atoms with van der Waals surface area (Å²) >= 11 is 11.3. The third-order valence-corrected chi connectivity index (χ3v) is 3.27. The van der Waals surface area contributed by atoms with Crippen LogP contribution in [0.2, 0.25) is 5.28 Å². The van der Waals surface area contributed by atoms with Crippen molar-refractivity contribution in [2.24, 2.45) is 0 Å². The molecule has 0 N–H and O–H groups in total. The van der Waals surface area contributed by atoms with Gasteiger partial charge in [-0.05, 0) is 23.2 Å². The molecule has 8 heteroatoms. The number of carbonyl (C=O) groups excluding carboxylic acids is 1. The topological polar surface area (TPSA) is 64.5 Å². The van der Waals surface area contributed by atoms with Gasteiger partial charge >= 0.3 is 0 Å². The first-order chi connectivity index (χ1) is 8.66. The predicted molar refractivity (Wildman–Crippen MR) is 64.7 cm³/mol. The summed E-state index contributed by atoms with van der Waals surface area (Å²) < 4.78 is 10.9. The number of hydrogen-bond acceptors (Lipinski definition) is 6. The Kier molecular flexibility index (Phi) is 3.01. The Bertz CT molecular complexity index is 511.